The molecule has 20 heavy (non-hydrogen) atoms. The molecule has 0 unspecified atom stereocenters. The van der Waals surface area contributed by atoms with Gasteiger partial charge in [-0.15, -0.1) is 0 Å². The molecule has 0 amide bonds. The van der Waals surface area contributed by atoms with Gasteiger partial charge in [-0.05, 0) is 37.6 Å². The molecule has 2 heterocycles. The van der Waals surface area contributed by atoms with E-state index in [4.69, 9.17) is 12.6 Å². The predicted molar refractivity (Wildman–Crippen MR) is 70.2 cm³/mol. The Morgan fingerprint density at radius 1 is 1.40 bits per heavy atom. The van der Waals surface area contributed by atoms with Gasteiger partial charge in [0.25, 0.3) is 0 Å². The van der Waals surface area contributed by atoms with Gasteiger partial charge >= 0.3 is 6.18 Å². The van der Waals surface area contributed by atoms with Crippen molar-refractivity contribution in [3.8, 4) is 5.75 Å². The van der Waals surface area contributed by atoms with E-state index in [1.165, 1.54) is 7.11 Å². The number of ether oxygens (including phenoxy) is 1. The summed E-state index contributed by atoms with van der Waals surface area (Å²) in [7, 11) is 7.13. The topological polar surface area (TPSA) is 25.4 Å². The van der Waals surface area contributed by atoms with E-state index < -0.39 is 12.1 Å². The number of nitrogens with zero attached hydrogens (tertiary/aromatic N) is 2. The Hall–Kier alpha value is -1.24. The standard InChI is InChI=1S/C13H16BF3N2O/c1-20-11-6-9(7-18-12(11)14)8-19-4-2-10(3-5-19)13(15,16)17/h6-7,10H,2-5,8H2,1H3. The number of aromatic nitrogens is 1. The van der Waals surface area contributed by atoms with Crippen LogP contribution in [0.1, 0.15) is 18.4 Å². The molecule has 1 aromatic rings. The summed E-state index contributed by atoms with van der Waals surface area (Å²) in [5, 5.41) is 0. The zero-order valence-electron chi connectivity index (χ0n) is 11.3. The fourth-order valence-electron chi connectivity index (χ4n) is 2.42. The fourth-order valence-corrected chi connectivity index (χ4v) is 2.42. The van der Waals surface area contributed by atoms with E-state index in [1.54, 1.807) is 12.3 Å². The Morgan fingerprint density at radius 2 is 2.05 bits per heavy atom. The van der Waals surface area contributed by atoms with E-state index in [0.29, 0.717) is 31.0 Å². The van der Waals surface area contributed by atoms with Gasteiger partial charge in [0, 0.05) is 18.3 Å². The van der Waals surface area contributed by atoms with Gasteiger partial charge in [0.1, 0.15) is 13.6 Å². The molecule has 1 fully saturated rings. The maximum Gasteiger partial charge on any atom is 0.391 e. The normalized spacial score (nSPS) is 18.2. The lowest BCUT2D eigenvalue weighted by atomic mass is 9.96. The maximum absolute atomic E-state index is 12.6. The van der Waals surface area contributed by atoms with Gasteiger partial charge in [0.05, 0.1) is 13.0 Å². The van der Waals surface area contributed by atoms with Crippen molar-refractivity contribution in [2.45, 2.75) is 25.6 Å². The van der Waals surface area contributed by atoms with Gasteiger partial charge in [0.2, 0.25) is 0 Å². The second-order valence-electron chi connectivity index (χ2n) is 5.02. The molecule has 0 atom stereocenters. The van der Waals surface area contributed by atoms with Gasteiger partial charge < -0.3 is 4.74 Å². The van der Waals surface area contributed by atoms with Crippen molar-refractivity contribution < 1.29 is 17.9 Å². The van der Waals surface area contributed by atoms with Crippen molar-refractivity contribution in [3.63, 3.8) is 0 Å². The van der Waals surface area contributed by atoms with Crippen LogP contribution in [0, 0.1) is 5.92 Å². The highest BCUT2D eigenvalue weighted by molar-refractivity contribution is 6.32. The number of hydrogen-bond acceptors (Lipinski definition) is 3. The second-order valence-corrected chi connectivity index (χ2v) is 5.02. The van der Waals surface area contributed by atoms with Crippen LogP contribution in [-0.2, 0) is 6.54 Å². The van der Waals surface area contributed by atoms with Crippen molar-refractivity contribution in [3.05, 3.63) is 17.8 Å². The van der Waals surface area contributed by atoms with Gasteiger partial charge in [-0.25, -0.2) is 0 Å². The van der Waals surface area contributed by atoms with Crippen LogP contribution in [0.3, 0.4) is 0 Å². The zero-order valence-corrected chi connectivity index (χ0v) is 11.3. The number of hydrogen-bond donors (Lipinski definition) is 0. The molecule has 0 spiro atoms. The molecule has 1 aliphatic heterocycles. The first-order valence-electron chi connectivity index (χ1n) is 6.47. The average Bonchev–Trinajstić information content (AvgIpc) is 2.40. The van der Waals surface area contributed by atoms with Crippen molar-refractivity contribution in [2.24, 2.45) is 5.92 Å². The highest BCUT2D eigenvalue weighted by Gasteiger charge is 2.40. The number of likely N-dealkylation sites (tertiary alicyclic amines) is 1. The molecule has 0 aliphatic carbocycles. The number of alkyl halides is 3. The Labute approximate surface area is 117 Å². The quantitative estimate of drug-likeness (QED) is 0.789. The van der Waals surface area contributed by atoms with E-state index in [2.05, 4.69) is 4.98 Å². The van der Waals surface area contributed by atoms with Crippen molar-refractivity contribution in [1.29, 1.82) is 0 Å². The van der Waals surface area contributed by atoms with E-state index >= 15 is 0 Å². The Kier molecular flexibility index (Phi) is 4.57. The summed E-state index contributed by atoms with van der Waals surface area (Å²) in [5.41, 5.74) is 1.20. The molecular formula is C13H16BF3N2O. The number of methoxy groups -OCH3 is 1. The summed E-state index contributed by atoms with van der Waals surface area (Å²) in [4.78, 5) is 6.01. The summed E-state index contributed by atoms with van der Waals surface area (Å²) in [6.07, 6.45) is -2.13. The summed E-state index contributed by atoms with van der Waals surface area (Å²) in [6.45, 7) is 1.45. The van der Waals surface area contributed by atoms with Crippen LogP contribution < -0.4 is 10.3 Å². The lowest BCUT2D eigenvalue weighted by Gasteiger charge is -2.32. The highest BCUT2D eigenvalue weighted by Crippen LogP contribution is 2.34. The van der Waals surface area contributed by atoms with Crippen LogP contribution in [0.4, 0.5) is 13.2 Å². The predicted octanol–water partition coefficient (Wildman–Crippen LogP) is 1.66. The molecule has 108 valence electrons. The molecule has 0 N–H and O–H groups in total. The third-order valence-corrected chi connectivity index (χ3v) is 3.61. The minimum atomic E-state index is -4.07. The largest absolute Gasteiger partial charge is 0.496 e. The van der Waals surface area contributed by atoms with Gasteiger partial charge in [0.15, 0.2) is 0 Å². The summed E-state index contributed by atoms with van der Waals surface area (Å²) in [6, 6.07) is 1.78. The fraction of sp³-hybridized carbons (Fsp3) is 0.615. The molecule has 0 saturated carbocycles. The number of piperidine rings is 1. The molecule has 3 nitrogen and oxygen atoms in total. The number of rotatable bonds is 3. The molecule has 1 saturated heterocycles. The lowest BCUT2D eigenvalue weighted by Crippen LogP contribution is -2.38. The van der Waals surface area contributed by atoms with Crippen molar-refractivity contribution >= 4 is 13.4 Å². The number of pyridine rings is 1. The van der Waals surface area contributed by atoms with Crippen LogP contribution in [0.2, 0.25) is 0 Å². The third-order valence-electron chi connectivity index (χ3n) is 3.61. The van der Waals surface area contributed by atoms with Crippen LogP contribution in [-0.4, -0.2) is 44.1 Å². The first kappa shape index (κ1) is 15.2. The monoisotopic (exact) mass is 284 g/mol. The smallest absolute Gasteiger partial charge is 0.391 e. The molecule has 0 aromatic carbocycles. The minimum absolute atomic E-state index is 0.156. The van der Waals surface area contributed by atoms with E-state index in [-0.39, 0.29) is 12.8 Å². The Morgan fingerprint density at radius 3 is 2.60 bits per heavy atom. The maximum atomic E-state index is 12.6. The molecule has 1 aromatic heterocycles. The molecule has 7 heteroatoms. The summed E-state index contributed by atoms with van der Waals surface area (Å²) < 4.78 is 42.8. The van der Waals surface area contributed by atoms with Gasteiger partial charge in [-0.2, -0.15) is 13.2 Å². The molecule has 1 aliphatic rings. The van der Waals surface area contributed by atoms with E-state index in [9.17, 15) is 13.2 Å². The molecule has 2 rings (SSSR count). The van der Waals surface area contributed by atoms with Crippen LogP contribution in [0.25, 0.3) is 0 Å². The van der Waals surface area contributed by atoms with Gasteiger partial charge in [-0.1, -0.05) is 0 Å². The number of halogens is 3. The van der Waals surface area contributed by atoms with Gasteiger partial charge in [-0.3, -0.25) is 9.88 Å². The van der Waals surface area contributed by atoms with E-state index in [1.807, 2.05) is 4.90 Å². The zero-order chi connectivity index (χ0) is 14.8. The SMILES string of the molecule is [B]c1ncc(CN2CCC(C(F)(F)F)CC2)cc1OC. The molecular weight excluding hydrogens is 268 g/mol. The Balaban J connectivity index is 1.93. The van der Waals surface area contributed by atoms with Crippen LogP contribution >= 0.6 is 0 Å². The van der Waals surface area contributed by atoms with Crippen LogP contribution in [0.5, 0.6) is 5.75 Å². The molecule has 2 radical (unpaired) electrons. The summed E-state index contributed by atoms with van der Waals surface area (Å²) >= 11 is 0. The van der Waals surface area contributed by atoms with E-state index in [0.717, 1.165) is 5.56 Å². The van der Waals surface area contributed by atoms with Crippen molar-refractivity contribution in [1.82, 2.24) is 9.88 Å². The molecule has 0 bridgehead atoms. The minimum Gasteiger partial charge on any atom is -0.496 e. The van der Waals surface area contributed by atoms with Crippen molar-refractivity contribution in [2.75, 3.05) is 20.2 Å². The lowest BCUT2D eigenvalue weighted by molar-refractivity contribution is -0.185. The highest BCUT2D eigenvalue weighted by atomic mass is 19.4. The van der Waals surface area contributed by atoms with Crippen LogP contribution in [0.15, 0.2) is 12.3 Å². The second kappa shape index (κ2) is 6.03. The summed E-state index contributed by atoms with van der Waals surface area (Å²) in [5.74, 6) is -0.675. The Bertz CT molecular complexity index is 459. The third kappa shape index (κ3) is 3.65. The first-order chi connectivity index (χ1) is 9.40. The average molecular weight is 284 g/mol. The first-order valence-corrected chi connectivity index (χ1v) is 6.47.